The Balaban J connectivity index is 1.31. The zero-order valence-electron chi connectivity index (χ0n) is 15.0. The van der Waals surface area contributed by atoms with Gasteiger partial charge in [0.05, 0.1) is 5.69 Å². The Kier molecular flexibility index (Phi) is 5.00. The summed E-state index contributed by atoms with van der Waals surface area (Å²) in [6.07, 6.45) is 11.3. The summed E-state index contributed by atoms with van der Waals surface area (Å²) in [5.41, 5.74) is 4.04. The second kappa shape index (κ2) is 7.73. The number of pyridine rings is 1. The molecule has 26 heavy (non-hydrogen) atoms. The van der Waals surface area contributed by atoms with Crippen molar-refractivity contribution >= 4 is 11.6 Å². The smallest absolute Gasteiger partial charge is 0.251 e. The predicted octanol–water partition coefficient (Wildman–Crippen LogP) is 4.35. The molecule has 1 aliphatic rings. The molecule has 0 saturated heterocycles. The SMILES string of the molecule is O=C(NCCc1cn2ccccc2n1)c1ccc(C2CCCCC2)cc1. The van der Waals surface area contributed by atoms with Gasteiger partial charge in [-0.3, -0.25) is 4.79 Å². The molecule has 4 rings (SSSR count). The summed E-state index contributed by atoms with van der Waals surface area (Å²) in [5, 5.41) is 3.00. The summed E-state index contributed by atoms with van der Waals surface area (Å²) in [7, 11) is 0. The van der Waals surface area contributed by atoms with E-state index in [0.717, 1.165) is 23.3 Å². The molecule has 4 nitrogen and oxygen atoms in total. The van der Waals surface area contributed by atoms with Gasteiger partial charge in [-0.25, -0.2) is 4.98 Å². The van der Waals surface area contributed by atoms with Gasteiger partial charge in [0.15, 0.2) is 0 Å². The molecule has 0 unspecified atom stereocenters. The van der Waals surface area contributed by atoms with E-state index in [1.54, 1.807) is 0 Å². The van der Waals surface area contributed by atoms with Crippen molar-refractivity contribution in [3.05, 3.63) is 71.7 Å². The molecule has 1 N–H and O–H groups in total. The number of carbonyl (C=O) groups excluding carboxylic acids is 1. The van der Waals surface area contributed by atoms with Crippen LogP contribution in [0.5, 0.6) is 0 Å². The van der Waals surface area contributed by atoms with Gasteiger partial charge in [0.1, 0.15) is 5.65 Å². The third kappa shape index (κ3) is 3.79. The van der Waals surface area contributed by atoms with Gasteiger partial charge in [-0.2, -0.15) is 0 Å². The first-order chi connectivity index (χ1) is 12.8. The van der Waals surface area contributed by atoms with Crippen LogP contribution in [0.3, 0.4) is 0 Å². The number of rotatable bonds is 5. The van der Waals surface area contributed by atoms with Gasteiger partial charge >= 0.3 is 0 Å². The van der Waals surface area contributed by atoms with Crippen molar-refractivity contribution in [3.63, 3.8) is 0 Å². The van der Waals surface area contributed by atoms with Crippen molar-refractivity contribution in [3.8, 4) is 0 Å². The molecule has 0 atom stereocenters. The maximum atomic E-state index is 12.4. The molecule has 1 amide bonds. The lowest BCUT2D eigenvalue weighted by molar-refractivity contribution is 0.0954. The van der Waals surface area contributed by atoms with Gasteiger partial charge in [-0.05, 0) is 48.6 Å². The predicted molar refractivity (Wildman–Crippen MR) is 103 cm³/mol. The number of hydrogen-bond acceptors (Lipinski definition) is 2. The largest absolute Gasteiger partial charge is 0.352 e. The van der Waals surface area contributed by atoms with Gasteiger partial charge in [0, 0.05) is 30.9 Å². The number of hydrogen-bond donors (Lipinski definition) is 1. The number of fused-ring (bicyclic) bond motifs is 1. The molecular formula is C22H25N3O. The van der Waals surface area contributed by atoms with Gasteiger partial charge in [-0.15, -0.1) is 0 Å². The second-order valence-electron chi connectivity index (χ2n) is 7.16. The molecule has 1 aliphatic carbocycles. The van der Waals surface area contributed by atoms with Gasteiger partial charge in [-0.1, -0.05) is 37.5 Å². The number of aromatic nitrogens is 2. The summed E-state index contributed by atoms with van der Waals surface area (Å²) in [4.78, 5) is 16.9. The first-order valence-electron chi connectivity index (χ1n) is 9.60. The minimum Gasteiger partial charge on any atom is -0.352 e. The maximum absolute atomic E-state index is 12.4. The maximum Gasteiger partial charge on any atom is 0.251 e. The number of nitrogens with one attached hydrogen (secondary N) is 1. The summed E-state index contributed by atoms with van der Waals surface area (Å²) >= 11 is 0. The van der Waals surface area contributed by atoms with Crippen LogP contribution in [-0.4, -0.2) is 21.8 Å². The van der Waals surface area contributed by atoms with Crippen LogP contribution < -0.4 is 5.32 Å². The van der Waals surface area contributed by atoms with Crippen LogP contribution in [0.25, 0.3) is 5.65 Å². The lowest BCUT2D eigenvalue weighted by Crippen LogP contribution is -2.25. The molecule has 2 heterocycles. The molecule has 0 aliphatic heterocycles. The first kappa shape index (κ1) is 16.8. The second-order valence-corrected chi connectivity index (χ2v) is 7.16. The van der Waals surface area contributed by atoms with Crippen molar-refractivity contribution < 1.29 is 4.79 Å². The molecule has 2 aromatic heterocycles. The van der Waals surface area contributed by atoms with E-state index in [0.29, 0.717) is 12.5 Å². The number of benzene rings is 1. The van der Waals surface area contributed by atoms with Gasteiger partial charge in [0.25, 0.3) is 5.91 Å². The number of amides is 1. The minimum atomic E-state index is -0.0102. The van der Waals surface area contributed by atoms with Crippen molar-refractivity contribution in [1.82, 2.24) is 14.7 Å². The molecule has 134 valence electrons. The summed E-state index contributed by atoms with van der Waals surface area (Å²) < 4.78 is 2.00. The minimum absolute atomic E-state index is 0.0102. The zero-order valence-corrected chi connectivity index (χ0v) is 15.0. The molecule has 0 radical (unpaired) electrons. The number of nitrogens with zero attached hydrogens (tertiary/aromatic N) is 2. The lowest BCUT2D eigenvalue weighted by Gasteiger charge is -2.22. The molecular weight excluding hydrogens is 322 g/mol. The highest BCUT2D eigenvalue weighted by atomic mass is 16.1. The highest BCUT2D eigenvalue weighted by Crippen LogP contribution is 2.32. The molecule has 3 aromatic rings. The Morgan fingerprint density at radius 1 is 1.08 bits per heavy atom. The summed E-state index contributed by atoms with van der Waals surface area (Å²) in [6, 6.07) is 14.1. The summed E-state index contributed by atoms with van der Waals surface area (Å²) in [6.45, 7) is 0.590. The fourth-order valence-electron chi connectivity index (χ4n) is 3.86. The summed E-state index contributed by atoms with van der Waals surface area (Å²) in [5.74, 6) is 0.667. The quantitative estimate of drug-likeness (QED) is 0.745. The fraction of sp³-hybridized carbons (Fsp3) is 0.364. The van der Waals surface area contributed by atoms with E-state index < -0.39 is 0 Å². The fourth-order valence-corrected chi connectivity index (χ4v) is 3.86. The molecule has 1 fully saturated rings. The number of imidazole rings is 1. The van der Waals surface area contributed by atoms with E-state index in [9.17, 15) is 4.79 Å². The van der Waals surface area contributed by atoms with Crippen molar-refractivity contribution in [2.45, 2.75) is 44.4 Å². The van der Waals surface area contributed by atoms with Crippen molar-refractivity contribution in [1.29, 1.82) is 0 Å². The van der Waals surface area contributed by atoms with E-state index in [1.807, 2.05) is 47.1 Å². The zero-order chi connectivity index (χ0) is 17.8. The lowest BCUT2D eigenvalue weighted by atomic mass is 9.84. The van der Waals surface area contributed by atoms with E-state index in [-0.39, 0.29) is 5.91 Å². The van der Waals surface area contributed by atoms with Crippen LogP contribution >= 0.6 is 0 Å². The van der Waals surface area contributed by atoms with Crippen LogP contribution in [0.1, 0.15) is 59.6 Å². The Bertz CT molecular complexity index is 843. The van der Waals surface area contributed by atoms with Gasteiger partial charge in [0.2, 0.25) is 0 Å². The van der Waals surface area contributed by atoms with E-state index in [2.05, 4.69) is 22.4 Å². The topological polar surface area (TPSA) is 46.4 Å². The Morgan fingerprint density at radius 2 is 1.88 bits per heavy atom. The third-order valence-electron chi connectivity index (χ3n) is 5.33. The highest BCUT2D eigenvalue weighted by molar-refractivity contribution is 5.94. The van der Waals surface area contributed by atoms with Crippen LogP contribution in [0.4, 0.5) is 0 Å². The first-order valence-corrected chi connectivity index (χ1v) is 9.60. The third-order valence-corrected chi connectivity index (χ3v) is 5.33. The normalized spacial score (nSPS) is 15.2. The average Bonchev–Trinajstić information content (AvgIpc) is 3.11. The highest BCUT2D eigenvalue weighted by Gasteiger charge is 2.15. The standard InChI is InChI=1S/C22H25N3O/c26-22(19-11-9-18(10-12-19)17-6-2-1-3-7-17)23-14-13-20-16-25-15-5-4-8-21(25)24-20/h4-5,8-12,15-17H,1-3,6-7,13-14H2,(H,23,26). The Labute approximate surface area is 154 Å². The van der Waals surface area contributed by atoms with E-state index >= 15 is 0 Å². The molecule has 0 spiro atoms. The van der Waals surface area contributed by atoms with Crippen LogP contribution in [0.2, 0.25) is 0 Å². The molecule has 0 bridgehead atoms. The van der Waals surface area contributed by atoms with Crippen LogP contribution in [0, 0.1) is 0 Å². The van der Waals surface area contributed by atoms with Crippen molar-refractivity contribution in [2.75, 3.05) is 6.54 Å². The molecule has 4 heteroatoms. The average molecular weight is 347 g/mol. The van der Waals surface area contributed by atoms with E-state index in [1.165, 1.54) is 37.7 Å². The Hall–Kier alpha value is -2.62. The van der Waals surface area contributed by atoms with Crippen LogP contribution in [-0.2, 0) is 6.42 Å². The Morgan fingerprint density at radius 3 is 2.65 bits per heavy atom. The van der Waals surface area contributed by atoms with E-state index in [4.69, 9.17) is 0 Å². The molecule has 1 aromatic carbocycles. The van der Waals surface area contributed by atoms with Gasteiger partial charge < -0.3 is 9.72 Å². The number of carbonyl (C=O) groups is 1. The van der Waals surface area contributed by atoms with Crippen LogP contribution in [0.15, 0.2) is 54.9 Å². The monoisotopic (exact) mass is 347 g/mol. The van der Waals surface area contributed by atoms with Crippen molar-refractivity contribution in [2.24, 2.45) is 0 Å². The molecule has 1 saturated carbocycles.